The lowest BCUT2D eigenvalue weighted by atomic mass is 9.85. The molecule has 1 aliphatic heterocycles. The van der Waals surface area contributed by atoms with E-state index < -0.39 is 79.3 Å². The van der Waals surface area contributed by atoms with Gasteiger partial charge >= 0.3 is 6.03 Å². The van der Waals surface area contributed by atoms with Crippen LogP contribution < -0.4 is 21.3 Å². The van der Waals surface area contributed by atoms with E-state index in [4.69, 9.17) is 0 Å². The van der Waals surface area contributed by atoms with Crippen molar-refractivity contribution in [1.82, 2.24) is 30.5 Å². The summed E-state index contributed by atoms with van der Waals surface area (Å²) in [5, 5.41) is 11.1. The number of piperidine rings is 1. The Balaban J connectivity index is 2.36. The summed E-state index contributed by atoms with van der Waals surface area (Å²) in [6, 6.07) is -4.17. The van der Waals surface area contributed by atoms with E-state index in [9.17, 15) is 32.4 Å². The molecule has 2 rings (SSSR count). The number of rotatable bonds is 14. The van der Waals surface area contributed by atoms with Crippen LogP contribution in [0.1, 0.15) is 109 Å². The van der Waals surface area contributed by atoms with Gasteiger partial charge in [0, 0.05) is 32.7 Å². The molecule has 13 nitrogen and oxygen atoms in total. The summed E-state index contributed by atoms with van der Waals surface area (Å²) in [4.78, 5) is 69.0. The fourth-order valence-electron chi connectivity index (χ4n) is 6.66. The molecule has 0 aromatic carbocycles. The maximum Gasteiger partial charge on any atom is 0.315 e. The van der Waals surface area contributed by atoms with E-state index >= 15 is 0 Å². The van der Waals surface area contributed by atoms with Gasteiger partial charge in [-0.2, -0.15) is 0 Å². The molecule has 0 spiro atoms. The van der Waals surface area contributed by atoms with Crippen LogP contribution in [0.2, 0.25) is 0 Å². The van der Waals surface area contributed by atoms with Crippen molar-refractivity contribution in [2.24, 2.45) is 28.1 Å². The zero-order chi connectivity index (χ0) is 38.1. The molecule has 1 saturated carbocycles. The molecular formula is C35H64N6O7S. The molecule has 4 N–H and O–H groups in total. The normalized spacial score (nSPS) is 22.4. The van der Waals surface area contributed by atoms with Crippen LogP contribution in [0.5, 0.6) is 0 Å². The average Bonchev–Trinajstić information content (AvgIpc) is 3.26. The number of sulfonamides is 1. The lowest BCUT2D eigenvalue weighted by molar-refractivity contribution is -0.145. The van der Waals surface area contributed by atoms with Crippen LogP contribution in [0.25, 0.3) is 0 Å². The van der Waals surface area contributed by atoms with Crippen LogP contribution in [0.3, 0.4) is 0 Å². The van der Waals surface area contributed by atoms with Crippen LogP contribution >= 0.6 is 0 Å². The number of likely N-dealkylation sites (tertiary alicyclic amines) is 1. The summed E-state index contributed by atoms with van der Waals surface area (Å²) in [5.74, 6) is -2.48. The molecule has 282 valence electrons. The number of urea groups is 1. The number of Topliss-reactive ketones (excluding diaryl/α,β-unsaturated/α-hetero) is 1. The van der Waals surface area contributed by atoms with E-state index in [1.807, 2.05) is 48.5 Å². The van der Waals surface area contributed by atoms with Gasteiger partial charge in [0.15, 0.2) is 0 Å². The number of fused-ring (bicyclic) bond motifs is 1. The second-order valence-electron chi connectivity index (χ2n) is 17.5. The molecule has 0 radical (unpaired) electrons. The fraction of sp³-hybridized carbons (Fsp3) is 0.857. The van der Waals surface area contributed by atoms with Gasteiger partial charge in [0.1, 0.15) is 12.1 Å². The van der Waals surface area contributed by atoms with E-state index in [0.29, 0.717) is 19.4 Å². The number of hydrogen-bond acceptors (Lipinski definition) is 7. The Hall–Kier alpha value is -2.74. The Morgan fingerprint density at radius 1 is 0.898 bits per heavy atom. The summed E-state index contributed by atoms with van der Waals surface area (Å²) >= 11 is 0. The molecule has 6 atom stereocenters. The molecule has 0 aromatic heterocycles. The zero-order valence-electron chi connectivity index (χ0n) is 32.4. The molecule has 2 fully saturated rings. The summed E-state index contributed by atoms with van der Waals surface area (Å²) in [5.41, 5.74) is -1.51. The molecule has 14 heteroatoms. The molecule has 49 heavy (non-hydrogen) atoms. The minimum atomic E-state index is -3.67. The molecule has 1 unspecified atom stereocenters. The number of carbonyl (C=O) groups excluding carboxylic acids is 5. The van der Waals surface area contributed by atoms with Gasteiger partial charge in [0.05, 0.1) is 10.8 Å². The number of amides is 5. The average molecular weight is 713 g/mol. The second kappa shape index (κ2) is 15.2. The van der Waals surface area contributed by atoms with Crippen LogP contribution in [-0.4, -0.2) is 103 Å². The molecule has 0 bridgehead atoms. The fourth-order valence-corrected chi connectivity index (χ4v) is 7.94. The lowest BCUT2D eigenvalue weighted by Gasteiger charge is -2.39. The highest BCUT2D eigenvalue weighted by Gasteiger charge is 2.70. The lowest BCUT2D eigenvalue weighted by Crippen LogP contribution is -2.63. The molecular weight excluding hydrogens is 648 g/mol. The van der Waals surface area contributed by atoms with Crippen molar-refractivity contribution in [3.8, 4) is 0 Å². The first kappa shape index (κ1) is 42.4. The standard InChI is InChI=1S/C35H64N6O7S/c1-15-17-18-22(26(42)29(44)36-16-2)37-28(43)25-24-21(35(24,12)13)19-41(25)30(45)27(33(6,7)8)39-31(46)38-23(32(3,4)5)20-40(14)49(47,48)34(9,10)11/h21-25,27H,15-20H2,1-14H3,(H,36,44)(H,37,43)(H2,38,39,46)/t21-,22?,23+,24-,25-,27+/m0/s1. The smallest absolute Gasteiger partial charge is 0.315 e. The highest BCUT2D eigenvalue weighted by atomic mass is 32.2. The van der Waals surface area contributed by atoms with E-state index in [-0.39, 0.29) is 30.3 Å². The highest BCUT2D eigenvalue weighted by Crippen LogP contribution is 2.65. The topological polar surface area (TPSA) is 174 Å². The summed E-state index contributed by atoms with van der Waals surface area (Å²) in [6.07, 6.45) is 1.68. The number of nitrogens with one attached hydrogen (secondary N) is 4. The quantitative estimate of drug-likeness (QED) is 0.200. The van der Waals surface area contributed by atoms with Crippen LogP contribution in [-0.2, 0) is 29.2 Å². The summed E-state index contributed by atoms with van der Waals surface area (Å²) in [6.45, 7) is 24.4. The number of carbonyl (C=O) groups is 5. The van der Waals surface area contributed by atoms with E-state index in [0.717, 1.165) is 6.42 Å². The molecule has 0 aromatic rings. The minimum absolute atomic E-state index is 0.0195. The maximum absolute atomic E-state index is 14.4. The van der Waals surface area contributed by atoms with Crippen LogP contribution in [0.4, 0.5) is 4.79 Å². The monoisotopic (exact) mass is 712 g/mol. The maximum atomic E-state index is 14.4. The van der Waals surface area contributed by atoms with Crippen molar-refractivity contribution < 1.29 is 32.4 Å². The van der Waals surface area contributed by atoms with Crippen LogP contribution in [0.15, 0.2) is 0 Å². The van der Waals surface area contributed by atoms with Crippen molar-refractivity contribution in [2.75, 3.05) is 26.7 Å². The van der Waals surface area contributed by atoms with Crippen molar-refractivity contribution in [1.29, 1.82) is 0 Å². The van der Waals surface area contributed by atoms with Gasteiger partial charge in [-0.15, -0.1) is 0 Å². The first-order valence-corrected chi connectivity index (χ1v) is 19.0. The predicted molar refractivity (Wildman–Crippen MR) is 191 cm³/mol. The van der Waals surface area contributed by atoms with Gasteiger partial charge in [-0.3, -0.25) is 19.2 Å². The number of nitrogens with zero attached hydrogens (tertiary/aromatic N) is 2. The zero-order valence-corrected chi connectivity index (χ0v) is 33.2. The Morgan fingerprint density at radius 2 is 1.47 bits per heavy atom. The minimum Gasteiger partial charge on any atom is -0.350 e. The SMILES string of the molecule is CCCCC(NC(=O)[C@@H]1[C@@H]2[C@H](CN1C(=O)[C@@H](NC(=O)N[C@H](CN(C)S(=O)(=O)C(C)(C)C)C(C)(C)C)C(C)(C)C)C2(C)C)C(=O)C(=O)NCC. The van der Waals surface area contributed by atoms with Crippen molar-refractivity contribution in [3.05, 3.63) is 0 Å². The highest BCUT2D eigenvalue weighted by molar-refractivity contribution is 7.90. The largest absolute Gasteiger partial charge is 0.350 e. The second-order valence-corrected chi connectivity index (χ2v) is 20.3. The molecule has 1 saturated heterocycles. The van der Waals surface area contributed by atoms with Crippen LogP contribution in [0, 0.1) is 28.1 Å². The number of ketones is 1. The van der Waals surface area contributed by atoms with Gasteiger partial charge in [0.25, 0.3) is 5.91 Å². The third-order valence-corrected chi connectivity index (χ3v) is 12.7. The Labute approximate surface area is 294 Å². The summed E-state index contributed by atoms with van der Waals surface area (Å²) in [7, 11) is -2.18. The summed E-state index contributed by atoms with van der Waals surface area (Å²) < 4.78 is 26.4. The number of unbranched alkanes of at least 4 members (excludes halogenated alkanes) is 1. The van der Waals surface area contributed by atoms with Gasteiger partial charge < -0.3 is 26.2 Å². The number of likely N-dealkylation sites (N-methyl/N-ethyl adjacent to an activating group) is 2. The van der Waals surface area contributed by atoms with Crippen molar-refractivity contribution in [2.45, 2.75) is 138 Å². The van der Waals surface area contributed by atoms with Gasteiger partial charge in [0.2, 0.25) is 27.6 Å². The third-order valence-electron chi connectivity index (χ3n) is 10.2. The Bertz CT molecular complexity index is 1360. The van der Waals surface area contributed by atoms with Crippen molar-refractivity contribution >= 4 is 39.6 Å². The molecule has 1 heterocycles. The Kier molecular flexibility index (Phi) is 13.2. The Morgan fingerprint density at radius 3 is 1.94 bits per heavy atom. The van der Waals surface area contributed by atoms with E-state index in [1.165, 1.54) is 16.3 Å². The number of hydrogen-bond donors (Lipinski definition) is 4. The molecule has 2 aliphatic rings. The van der Waals surface area contributed by atoms with E-state index in [2.05, 4.69) is 35.1 Å². The van der Waals surface area contributed by atoms with Gasteiger partial charge in [-0.25, -0.2) is 17.5 Å². The first-order valence-electron chi connectivity index (χ1n) is 17.6. The van der Waals surface area contributed by atoms with Gasteiger partial charge in [-0.1, -0.05) is 75.2 Å². The van der Waals surface area contributed by atoms with E-state index in [1.54, 1.807) is 27.7 Å². The molecule has 1 aliphatic carbocycles. The van der Waals surface area contributed by atoms with Gasteiger partial charge in [-0.05, 0) is 62.2 Å². The predicted octanol–water partition coefficient (Wildman–Crippen LogP) is 3.04. The molecule has 5 amide bonds. The van der Waals surface area contributed by atoms with Crippen molar-refractivity contribution in [3.63, 3.8) is 0 Å². The first-order chi connectivity index (χ1) is 22.1. The third kappa shape index (κ3) is 9.74.